The van der Waals surface area contributed by atoms with E-state index in [0.29, 0.717) is 12.6 Å². The first-order chi connectivity index (χ1) is 9.40. The van der Waals surface area contributed by atoms with Gasteiger partial charge >= 0.3 is 5.97 Å². The summed E-state index contributed by atoms with van der Waals surface area (Å²) < 4.78 is 25.9. The molecule has 0 aliphatic heterocycles. The Hall–Kier alpha value is -2.02. The van der Waals surface area contributed by atoms with E-state index in [4.69, 9.17) is 5.11 Å². The largest absolute Gasteiger partial charge is 0.481 e. The van der Waals surface area contributed by atoms with Crippen molar-refractivity contribution in [3.8, 4) is 0 Å². The summed E-state index contributed by atoms with van der Waals surface area (Å²) in [6.07, 6.45) is -0.0737. The van der Waals surface area contributed by atoms with Crippen molar-refractivity contribution in [2.24, 2.45) is 0 Å². The van der Waals surface area contributed by atoms with Crippen LogP contribution in [0.2, 0.25) is 0 Å². The summed E-state index contributed by atoms with van der Waals surface area (Å²) in [5.74, 6) is -2.96. The molecule has 1 aromatic carbocycles. The summed E-state index contributed by atoms with van der Waals surface area (Å²) in [6, 6.07) is 2.73. The Morgan fingerprint density at radius 1 is 1.25 bits per heavy atom. The van der Waals surface area contributed by atoms with Gasteiger partial charge in [0.15, 0.2) is 0 Å². The van der Waals surface area contributed by atoms with Crippen LogP contribution >= 0.6 is 0 Å². The second-order valence-corrected chi connectivity index (χ2v) is 4.22. The number of carboxylic acid groups (broad SMARTS) is 1. The highest BCUT2D eigenvalue weighted by atomic mass is 19.1. The number of aliphatic carboxylic acids is 1. The smallest absolute Gasteiger partial charge is 0.304 e. The van der Waals surface area contributed by atoms with E-state index in [0.717, 1.165) is 12.1 Å². The molecule has 0 saturated heterocycles. The number of benzene rings is 1. The number of carbonyl (C=O) groups is 2. The number of anilines is 1. The van der Waals surface area contributed by atoms with Crippen LogP contribution in [-0.2, 0) is 9.59 Å². The molecule has 0 fully saturated rings. The molecule has 1 rings (SSSR count). The van der Waals surface area contributed by atoms with Crippen LogP contribution in [0.15, 0.2) is 18.2 Å². The molecule has 110 valence electrons. The first-order valence-electron chi connectivity index (χ1n) is 6.10. The number of rotatable bonds is 7. The third-order valence-corrected chi connectivity index (χ3v) is 2.60. The van der Waals surface area contributed by atoms with Gasteiger partial charge in [0.25, 0.3) is 0 Å². The minimum absolute atomic E-state index is 0.0294. The number of hydrogen-bond acceptors (Lipinski definition) is 3. The van der Waals surface area contributed by atoms with Crippen molar-refractivity contribution in [3.05, 3.63) is 29.8 Å². The van der Waals surface area contributed by atoms with Gasteiger partial charge < -0.3 is 10.4 Å². The van der Waals surface area contributed by atoms with Gasteiger partial charge in [0.2, 0.25) is 5.91 Å². The third kappa shape index (κ3) is 5.75. The van der Waals surface area contributed by atoms with Crippen molar-refractivity contribution in [1.29, 1.82) is 0 Å². The average Bonchev–Trinajstić information content (AvgIpc) is 2.32. The molecule has 1 amide bonds. The molecule has 0 heterocycles. The van der Waals surface area contributed by atoms with Gasteiger partial charge in [-0.25, -0.2) is 8.78 Å². The van der Waals surface area contributed by atoms with Crippen LogP contribution < -0.4 is 5.32 Å². The second kappa shape index (κ2) is 7.54. The third-order valence-electron chi connectivity index (χ3n) is 2.60. The molecule has 0 unspecified atom stereocenters. The summed E-state index contributed by atoms with van der Waals surface area (Å²) in [5, 5.41) is 10.9. The van der Waals surface area contributed by atoms with Crippen LogP contribution in [0.1, 0.15) is 13.3 Å². The van der Waals surface area contributed by atoms with Gasteiger partial charge in [-0.15, -0.1) is 0 Å². The fraction of sp³-hybridized carbons (Fsp3) is 0.385. The van der Waals surface area contributed by atoms with E-state index < -0.39 is 23.5 Å². The number of nitrogens with zero attached hydrogens (tertiary/aromatic N) is 1. The molecular formula is C13H16F2N2O3. The predicted molar refractivity (Wildman–Crippen MR) is 69.4 cm³/mol. The first kappa shape index (κ1) is 16.0. The van der Waals surface area contributed by atoms with Crippen molar-refractivity contribution in [1.82, 2.24) is 4.90 Å². The van der Waals surface area contributed by atoms with Crippen molar-refractivity contribution in [3.63, 3.8) is 0 Å². The number of likely N-dealkylation sites (N-methyl/N-ethyl adjacent to an activating group) is 1. The SMILES string of the molecule is CCN(CCC(=O)O)CC(=O)Nc1cc(F)cc(F)c1. The minimum Gasteiger partial charge on any atom is -0.481 e. The van der Waals surface area contributed by atoms with Gasteiger partial charge in [0.05, 0.1) is 13.0 Å². The van der Waals surface area contributed by atoms with E-state index in [1.54, 1.807) is 11.8 Å². The van der Waals surface area contributed by atoms with E-state index in [-0.39, 0.29) is 25.2 Å². The monoisotopic (exact) mass is 286 g/mol. The molecule has 1 aromatic rings. The van der Waals surface area contributed by atoms with Gasteiger partial charge in [0.1, 0.15) is 11.6 Å². The van der Waals surface area contributed by atoms with Crippen molar-refractivity contribution in [2.75, 3.05) is 25.0 Å². The van der Waals surface area contributed by atoms with Gasteiger partial charge in [-0.2, -0.15) is 0 Å². The Bertz CT molecular complexity index is 474. The van der Waals surface area contributed by atoms with E-state index in [1.807, 2.05) is 0 Å². The van der Waals surface area contributed by atoms with Gasteiger partial charge in [0, 0.05) is 18.3 Å². The number of nitrogens with one attached hydrogen (secondary N) is 1. The molecule has 7 heteroatoms. The Kier molecular flexibility index (Phi) is 6.05. The highest BCUT2D eigenvalue weighted by Crippen LogP contribution is 2.12. The summed E-state index contributed by atoms with van der Waals surface area (Å²) in [6.45, 7) is 2.48. The number of halogens is 2. The maximum Gasteiger partial charge on any atom is 0.304 e. The molecule has 0 saturated carbocycles. The fourth-order valence-corrected chi connectivity index (χ4v) is 1.63. The molecule has 2 N–H and O–H groups in total. The molecule has 0 spiro atoms. The Labute approximate surface area is 115 Å². The van der Waals surface area contributed by atoms with Crippen LogP contribution in [0.3, 0.4) is 0 Å². The zero-order valence-corrected chi connectivity index (χ0v) is 11.0. The van der Waals surface area contributed by atoms with Gasteiger partial charge in [-0.1, -0.05) is 6.92 Å². The summed E-state index contributed by atoms with van der Waals surface area (Å²) in [5.41, 5.74) is 0.0294. The number of carbonyl (C=O) groups excluding carboxylic acids is 1. The number of amides is 1. The number of hydrogen-bond donors (Lipinski definition) is 2. The lowest BCUT2D eigenvalue weighted by molar-refractivity contribution is -0.137. The lowest BCUT2D eigenvalue weighted by Crippen LogP contribution is -2.34. The Morgan fingerprint density at radius 2 is 1.85 bits per heavy atom. The molecule has 0 aromatic heterocycles. The topological polar surface area (TPSA) is 69.6 Å². The lowest BCUT2D eigenvalue weighted by Gasteiger charge is -2.18. The molecule has 0 bridgehead atoms. The van der Waals surface area contributed by atoms with E-state index in [1.165, 1.54) is 0 Å². The standard InChI is InChI=1S/C13H16F2N2O3/c1-2-17(4-3-13(19)20)8-12(18)16-11-6-9(14)5-10(15)7-11/h5-7H,2-4,8H2,1H3,(H,16,18)(H,19,20). The zero-order chi connectivity index (χ0) is 15.1. The van der Waals surface area contributed by atoms with Crippen molar-refractivity contribution < 1.29 is 23.5 Å². The van der Waals surface area contributed by atoms with Gasteiger partial charge in [-0.3, -0.25) is 14.5 Å². The maximum absolute atomic E-state index is 12.9. The normalized spacial score (nSPS) is 10.6. The van der Waals surface area contributed by atoms with Crippen molar-refractivity contribution in [2.45, 2.75) is 13.3 Å². The number of carboxylic acids is 1. The molecule has 0 atom stereocenters. The Balaban J connectivity index is 2.54. The predicted octanol–water partition coefficient (Wildman–Crippen LogP) is 1.70. The van der Waals surface area contributed by atoms with Crippen LogP contribution in [-0.4, -0.2) is 41.5 Å². The van der Waals surface area contributed by atoms with Crippen molar-refractivity contribution >= 4 is 17.6 Å². The average molecular weight is 286 g/mol. The summed E-state index contributed by atoms with van der Waals surface area (Å²) in [4.78, 5) is 23.8. The van der Waals surface area contributed by atoms with Crippen LogP contribution in [0.4, 0.5) is 14.5 Å². The van der Waals surface area contributed by atoms with Gasteiger partial charge in [-0.05, 0) is 18.7 Å². The molecule has 20 heavy (non-hydrogen) atoms. The maximum atomic E-state index is 12.9. The highest BCUT2D eigenvalue weighted by Gasteiger charge is 2.11. The zero-order valence-electron chi connectivity index (χ0n) is 11.0. The Morgan fingerprint density at radius 3 is 2.35 bits per heavy atom. The first-order valence-corrected chi connectivity index (χ1v) is 6.10. The quantitative estimate of drug-likeness (QED) is 0.800. The van der Waals surface area contributed by atoms with E-state index >= 15 is 0 Å². The van der Waals surface area contributed by atoms with E-state index in [9.17, 15) is 18.4 Å². The molecule has 0 radical (unpaired) electrons. The molecule has 0 aliphatic carbocycles. The molecule has 0 aliphatic rings. The van der Waals surface area contributed by atoms with E-state index in [2.05, 4.69) is 5.32 Å². The van der Waals surface area contributed by atoms with Crippen LogP contribution in [0.25, 0.3) is 0 Å². The van der Waals surface area contributed by atoms with Crippen LogP contribution in [0, 0.1) is 11.6 Å². The molecule has 5 nitrogen and oxygen atoms in total. The van der Waals surface area contributed by atoms with Crippen LogP contribution in [0.5, 0.6) is 0 Å². The highest BCUT2D eigenvalue weighted by molar-refractivity contribution is 5.92. The molecular weight excluding hydrogens is 270 g/mol. The fourth-order valence-electron chi connectivity index (χ4n) is 1.63. The minimum atomic E-state index is -0.948. The second-order valence-electron chi connectivity index (χ2n) is 4.22. The summed E-state index contributed by atoms with van der Waals surface area (Å²) >= 11 is 0. The lowest BCUT2D eigenvalue weighted by atomic mass is 10.3. The summed E-state index contributed by atoms with van der Waals surface area (Å²) in [7, 11) is 0.